The summed E-state index contributed by atoms with van der Waals surface area (Å²) in [6.45, 7) is 1.84. The summed E-state index contributed by atoms with van der Waals surface area (Å²) in [4.78, 5) is 4.23. The van der Waals surface area contributed by atoms with Crippen molar-refractivity contribution in [2.24, 2.45) is 0 Å². The third kappa shape index (κ3) is 1.72. The van der Waals surface area contributed by atoms with Crippen molar-refractivity contribution >= 4 is 11.6 Å². The van der Waals surface area contributed by atoms with Crippen LogP contribution in [0, 0.1) is 0 Å². The first-order valence-electron chi connectivity index (χ1n) is 5.26. The molecule has 0 saturated carbocycles. The summed E-state index contributed by atoms with van der Waals surface area (Å²) in [6.07, 6.45) is 1.58. The predicted octanol–water partition coefficient (Wildman–Crippen LogP) is 3.38. The van der Waals surface area contributed by atoms with Crippen LogP contribution in [0.5, 0.6) is 11.5 Å². The SMILES string of the molecule is CC1(c2ccc(Cl)cn2)Oc2ccccc2O1. The molecule has 2 heterocycles. The molecule has 0 radical (unpaired) electrons. The topological polar surface area (TPSA) is 31.4 Å². The van der Waals surface area contributed by atoms with E-state index in [1.807, 2.05) is 31.2 Å². The van der Waals surface area contributed by atoms with Gasteiger partial charge in [0.25, 0.3) is 5.79 Å². The number of nitrogens with zero attached hydrogens (tertiary/aromatic N) is 1. The normalized spacial score (nSPS) is 15.9. The molecule has 4 heteroatoms. The van der Waals surface area contributed by atoms with Crippen molar-refractivity contribution in [2.75, 3.05) is 0 Å². The van der Waals surface area contributed by atoms with E-state index in [2.05, 4.69) is 4.98 Å². The minimum Gasteiger partial charge on any atom is -0.443 e. The lowest BCUT2D eigenvalue weighted by molar-refractivity contribution is -0.0717. The van der Waals surface area contributed by atoms with Gasteiger partial charge in [-0.25, -0.2) is 0 Å². The average Bonchev–Trinajstić information content (AvgIpc) is 2.67. The molecule has 3 rings (SSSR count). The lowest BCUT2D eigenvalue weighted by Gasteiger charge is -2.22. The highest BCUT2D eigenvalue weighted by Crippen LogP contribution is 2.42. The second-order valence-electron chi connectivity index (χ2n) is 3.96. The van der Waals surface area contributed by atoms with Crippen LogP contribution in [0.25, 0.3) is 0 Å². The van der Waals surface area contributed by atoms with Crippen LogP contribution in [0.2, 0.25) is 5.02 Å². The second kappa shape index (κ2) is 3.64. The zero-order valence-corrected chi connectivity index (χ0v) is 9.94. The number of hydrogen-bond acceptors (Lipinski definition) is 3. The Kier molecular flexibility index (Phi) is 2.23. The largest absolute Gasteiger partial charge is 0.443 e. The monoisotopic (exact) mass is 247 g/mol. The number of aromatic nitrogens is 1. The first-order valence-corrected chi connectivity index (χ1v) is 5.64. The van der Waals surface area contributed by atoms with Crippen molar-refractivity contribution in [1.29, 1.82) is 0 Å². The Balaban J connectivity index is 1.98. The molecule has 1 aliphatic rings. The van der Waals surface area contributed by atoms with Crippen molar-refractivity contribution in [2.45, 2.75) is 12.7 Å². The second-order valence-corrected chi connectivity index (χ2v) is 4.39. The van der Waals surface area contributed by atoms with Gasteiger partial charge >= 0.3 is 0 Å². The lowest BCUT2D eigenvalue weighted by atomic mass is 10.2. The number of halogens is 1. The first kappa shape index (κ1) is 10.4. The lowest BCUT2D eigenvalue weighted by Crippen LogP contribution is -2.32. The van der Waals surface area contributed by atoms with E-state index in [9.17, 15) is 0 Å². The van der Waals surface area contributed by atoms with E-state index in [4.69, 9.17) is 21.1 Å². The molecular formula is C13H10ClNO2. The van der Waals surface area contributed by atoms with Crippen LogP contribution >= 0.6 is 11.6 Å². The van der Waals surface area contributed by atoms with Gasteiger partial charge in [0.15, 0.2) is 11.5 Å². The summed E-state index contributed by atoms with van der Waals surface area (Å²) in [5.41, 5.74) is 0.693. The summed E-state index contributed by atoms with van der Waals surface area (Å²) in [5, 5.41) is 0.591. The third-order valence-electron chi connectivity index (χ3n) is 2.65. The van der Waals surface area contributed by atoms with Gasteiger partial charge in [0.2, 0.25) is 0 Å². The van der Waals surface area contributed by atoms with Crippen molar-refractivity contribution in [3.63, 3.8) is 0 Å². The van der Waals surface area contributed by atoms with Gasteiger partial charge in [-0.15, -0.1) is 0 Å². The van der Waals surface area contributed by atoms with Crippen molar-refractivity contribution in [3.8, 4) is 11.5 Å². The summed E-state index contributed by atoms with van der Waals surface area (Å²) >= 11 is 5.81. The van der Waals surface area contributed by atoms with Crippen LogP contribution in [0.3, 0.4) is 0 Å². The van der Waals surface area contributed by atoms with Gasteiger partial charge in [-0.3, -0.25) is 4.98 Å². The molecule has 0 aliphatic carbocycles. The molecule has 0 unspecified atom stereocenters. The fourth-order valence-electron chi connectivity index (χ4n) is 1.81. The van der Waals surface area contributed by atoms with E-state index in [1.54, 1.807) is 18.3 Å². The number of benzene rings is 1. The zero-order chi connectivity index (χ0) is 11.9. The van der Waals surface area contributed by atoms with E-state index < -0.39 is 5.79 Å². The smallest absolute Gasteiger partial charge is 0.292 e. The van der Waals surface area contributed by atoms with E-state index in [0.717, 1.165) is 11.5 Å². The quantitative estimate of drug-likeness (QED) is 0.774. The van der Waals surface area contributed by atoms with E-state index in [-0.39, 0.29) is 0 Å². The Labute approximate surface area is 104 Å². The van der Waals surface area contributed by atoms with Crippen LogP contribution < -0.4 is 9.47 Å². The molecule has 0 saturated heterocycles. The van der Waals surface area contributed by atoms with Crippen LogP contribution in [-0.4, -0.2) is 4.98 Å². The Morgan fingerprint density at radius 3 is 2.24 bits per heavy atom. The van der Waals surface area contributed by atoms with E-state index in [1.165, 1.54) is 0 Å². The number of pyridine rings is 1. The van der Waals surface area contributed by atoms with Crippen LogP contribution in [0.4, 0.5) is 0 Å². The molecule has 2 aromatic rings. The van der Waals surface area contributed by atoms with Gasteiger partial charge in [0.05, 0.1) is 5.02 Å². The molecule has 1 aliphatic heterocycles. The van der Waals surface area contributed by atoms with Crippen LogP contribution in [0.1, 0.15) is 12.6 Å². The number of fused-ring (bicyclic) bond motifs is 1. The Hall–Kier alpha value is -1.74. The molecule has 0 spiro atoms. The highest BCUT2D eigenvalue weighted by Gasteiger charge is 2.39. The van der Waals surface area contributed by atoms with Crippen molar-refractivity contribution < 1.29 is 9.47 Å². The number of hydrogen-bond donors (Lipinski definition) is 0. The summed E-state index contributed by atoms with van der Waals surface area (Å²) < 4.78 is 11.6. The highest BCUT2D eigenvalue weighted by molar-refractivity contribution is 6.30. The van der Waals surface area contributed by atoms with Crippen molar-refractivity contribution in [1.82, 2.24) is 4.98 Å². The Morgan fingerprint density at radius 1 is 1.06 bits per heavy atom. The molecule has 0 atom stereocenters. The molecule has 0 N–H and O–H groups in total. The molecule has 17 heavy (non-hydrogen) atoms. The Bertz CT molecular complexity index is 529. The van der Waals surface area contributed by atoms with Gasteiger partial charge < -0.3 is 9.47 Å². The van der Waals surface area contributed by atoms with Gasteiger partial charge in [-0.05, 0) is 24.3 Å². The number of rotatable bonds is 1. The van der Waals surface area contributed by atoms with Gasteiger partial charge in [0, 0.05) is 13.1 Å². The molecule has 0 bridgehead atoms. The molecule has 86 valence electrons. The first-order chi connectivity index (χ1) is 8.17. The maximum Gasteiger partial charge on any atom is 0.292 e. The maximum atomic E-state index is 5.81. The maximum absolute atomic E-state index is 5.81. The molecule has 0 fully saturated rings. The summed E-state index contributed by atoms with van der Waals surface area (Å²) in [6, 6.07) is 11.1. The van der Waals surface area contributed by atoms with Crippen LogP contribution in [0.15, 0.2) is 42.6 Å². The molecule has 3 nitrogen and oxygen atoms in total. The summed E-state index contributed by atoms with van der Waals surface area (Å²) in [5.74, 6) is 0.576. The number of ether oxygens (including phenoxy) is 2. The van der Waals surface area contributed by atoms with Gasteiger partial charge in [0.1, 0.15) is 5.69 Å². The Morgan fingerprint density at radius 2 is 1.71 bits per heavy atom. The molecule has 1 aromatic heterocycles. The fraction of sp³-hybridized carbons (Fsp3) is 0.154. The predicted molar refractivity (Wildman–Crippen MR) is 64.3 cm³/mol. The third-order valence-corrected chi connectivity index (χ3v) is 2.87. The molecular weight excluding hydrogens is 238 g/mol. The fourth-order valence-corrected chi connectivity index (χ4v) is 1.92. The molecule has 1 aromatic carbocycles. The van der Waals surface area contributed by atoms with E-state index in [0.29, 0.717) is 10.7 Å². The zero-order valence-electron chi connectivity index (χ0n) is 9.18. The number of para-hydroxylation sites is 2. The molecule has 0 amide bonds. The standard InChI is InChI=1S/C13H10ClNO2/c1-13(12-7-6-9(14)8-15-12)16-10-4-2-3-5-11(10)17-13/h2-8H,1H3. The van der Waals surface area contributed by atoms with Gasteiger partial charge in [-0.2, -0.15) is 0 Å². The minimum atomic E-state index is -0.881. The summed E-state index contributed by atoms with van der Waals surface area (Å²) in [7, 11) is 0. The van der Waals surface area contributed by atoms with E-state index >= 15 is 0 Å². The minimum absolute atomic E-state index is 0.591. The van der Waals surface area contributed by atoms with Gasteiger partial charge in [-0.1, -0.05) is 23.7 Å². The highest BCUT2D eigenvalue weighted by atomic mass is 35.5. The average molecular weight is 248 g/mol. The van der Waals surface area contributed by atoms with Crippen molar-refractivity contribution in [3.05, 3.63) is 53.3 Å². The van der Waals surface area contributed by atoms with Crippen LogP contribution in [-0.2, 0) is 5.79 Å².